The maximum atomic E-state index is 13.1. The molecule has 4 amide bonds. The molecule has 0 N–H and O–H groups in total. The lowest BCUT2D eigenvalue weighted by Gasteiger charge is -2.35. The Balaban J connectivity index is 0.000000334. The molecule has 0 spiro atoms. The minimum Gasteiger partial charge on any atom is -0.497 e. The Labute approximate surface area is 368 Å². The zero-order valence-electron chi connectivity index (χ0n) is 37.9. The zero-order valence-corrected chi connectivity index (χ0v) is 37.9. The van der Waals surface area contributed by atoms with E-state index in [4.69, 9.17) is 28.4 Å². The predicted octanol–water partition coefficient (Wildman–Crippen LogP) is 12.0. The number of ether oxygens (including phenoxy) is 6. The summed E-state index contributed by atoms with van der Waals surface area (Å²) in [5, 5.41) is 0. The molecule has 0 aliphatic heterocycles. The Kier molecular flexibility index (Phi) is 21.4. The highest BCUT2D eigenvalue weighted by atomic mass is 16.6. The van der Waals surface area contributed by atoms with Crippen LogP contribution in [0.3, 0.4) is 0 Å². The minimum atomic E-state index is -0.763. The van der Waals surface area contributed by atoms with Gasteiger partial charge in [0.15, 0.2) is 0 Å². The van der Waals surface area contributed by atoms with E-state index in [1.165, 1.54) is 0 Å². The van der Waals surface area contributed by atoms with Gasteiger partial charge in [0.1, 0.15) is 35.9 Å². The summed E-state index contributed by atoms with van der Waals surface area (Å²) in [5.74, 6) is 1.41. The number of hydrogen-bond donors (Lipinski definition) is 0. The first-order valence-electron chi connectivity index (χ1n) is 21.6. The van der Waals surface area contributed by atoms with Crippen LogP contribution in [0.25, 0.3) is 0 Å². The van der Waals surface area contributed by atoms with Gasteiger partial charge in [0.25, 0.3) is 0 Å². The first-order valence-corrected chi connectivity index (χ1v) is 21.6. The van der Waals surface area contributed by atoms with E-state index < -0.39 is 35.6 Å². The van der Waals surface area contributed by atoms with Crippen molar-refractivity contribution in [2.45, 2.75) is 117 Å². The average Bonchev–Trinajstić information content (AvgIpc) is 3.32. The summed E-state index contributed by atoms with van der Waals surface area (Å²) in [6.07, 6.45) is 2.51. The molecule has 0 heterocycles. The number of carbonyl (C=O) groups is 4. The fourth-order valence-corrected chi connectivity index (χ4v) is 6.59. The minimum absolute atomic E-state index is 0.0242. The molecule has 62 heavy (non-hydrogen) atoms. The smallest absolute Gasteiger partial charge is 0.419 e. The molecule has 0 bridgehead atoms. The normalized spacial score (nSPS) is 11.0. The van der Waals surface area contributed by atoms with Crippen LogP contribution >= 0.6 is 0 Å². The molecule has 4 aromatic rings. The van der Waals surface area contributed by atoms with Crippen molar-refractivity contribution in [1.29, 1.82) is 0 Å². The van der Waals surface area contributed by atoms with Gasteiger partial charge in [-0.1, -0.05) is 126 Å². The van der Waals surface area contributed by atoms with Crippen LogP contribution in [0.5, 0.6) is 11.5 Å². The van der Waals surface area contributed by atoms with Gasteiger partial charge in [0.2, 0.25) is 0 Å². The number of rotatable bonds is 20. The van der Waals surface area contributed by atoms with Crippen LogP contribution in [0.4, 0.5) is 19.2 Å². The summed E-state index contributed by atoms with van der Waals surface area (Å²) in [7, 11) is 3.16. The van der Waals surface area contributed by atoms with Crippen molar-refractivity contribution in [3.63, 3.8) is 0 Å². The van der Waals surface area contributed by atoms with Crippen LogP contribution in [0.1, 0.15) is 102 Å². The third-order valence-electron chi connectivity index (χ3n) is 11.3. The van der Waals surface area contributed by atoms with Crippen LogP contribution in [-0.2, 0) is 45.0 Å². The summed E-state index contributed by atoms with van der Waals surface area (Å²) in [4.78, 5) is 53.7. The van der Waals surface area contributed by atoms with E-state index in [1.807, 2.05) is 102 Å². The Hall–Kier alpha value is -6.04. The second-order valence-electron chi connectivity index (χ2n) is 14.8. The SMILES string of the molecule is CCC(CC)(CC)OC(=O)N(CCc1ccccc1)C(=O)OC(CC)(CC)CC.COc1ccc(COC(=O)N(CCc2ccccc2)C(=O)OCc2ccc(OC)cc2)cc1. The van der Waals surface area contributed by atoms with E-state index in [1.54, 1.807) is 62.8 Å². The van der Waals surface area contributed by atoms with E-state index in [9.17, 15) is 19.2 Å². The zero-order chi connectivity index (χ0) is 45.4. The van der Waals surface area contributed by atoms with Crippen LogP contribution in [-0.4, -0.2) is 72.7 Å². The van der Waals surface area contributed by atoms with Gasteiger partial charge < -0.3 is 28.4 Å². The van der Waals surface area contributed by atoms with Gasteiger partial charge in [-0.25, -0.2) is 29.0 Å². The topological polar surface area (TPSA) is 130 Å². The molecule has 0 radical (unpaired) electrons. The number of carbonyl (C=O) groups excluding carboxylic acids is 4. The number of amides is 4. The van der Waals surface area contributed by atoms with E-state index in [2.05, 4.69) is 0 Å². The molecule has 0 saturated heterocycles. The Bertz CT molecular complexity index is 1800. The third kappa shape index (κ3) is 15.8. The highest BCUT2D eigenvalue weighted by Crippen LogP contribution is 2.28. The maximum Gasteiger partial charge on any atom is 0.419 e. The van der Waals surface area contributed by atoms with Crippen LogP contribution in [0.15, 0.2) is 109 Å². The summed E-state index contributed by atoms with van der Waals surface area (Å²) in [5.41, 5.74) is 2.49. The predicted molar refractivity (Wildman–Crippen MR) is 240 cm³/mol. The summed E-state index contributed by atoms with van der Waals surface area (Å²) < 4.78 is 32.7. The molecule has 0 fully saturated rings. The molecule has 0 unspecified atom stereocenters. The first kappa shape index (κ1) is 50.3. The van der Waals surface area contributed by atoms with E-state index >= 15 is 0 Å². The Morgan fingerprint density at radius 1 is 0.419 bits per heavy atom. The maximum absolute atomic E-state index is 13.1. The molecule has 4 aromatic carbocycles. The fraction of sp³-hybridized carbons (Fsp3) is 0.440. The van der Waals surface area contributed by atoms with Crippen LogP contribution < -0.4 is 9.47 Å². The van der Waals surface area contributed by atoms with Gasteiger partial charge in [-0.3, -0.25) is 0 Å². The van der Waals surface area contributed by atoms with Crippen molar-refractivity contribution in [3.8, 4) is 11.5 Å². The Morgan fingerprint density at radius 2 is 0.726 bits per heavy atom. The van der Waals surface area contributed by atoms with E-state index in [-0.39, 0.29) is 26.3 Å². The second-order valence-corrected chi connectivity index (χ2v) is 14.8. The van der Waals surface area contributed by atoms with Gasteiger partial charge >= 0.3 is 24.4 Å². The number of imide groups is 2. The van der Waals surface area contributed by atoms with Crippen LogP contribution in [0, 0.1) is 0 Å². The van der Waals surface area contributed by atoms with Gasteiger partial charge in [-0.05, 0) is 97.9 Å². The van der Waals surface area contributed by atoms with Gasteiger partial charge in [0, 0.05) is 13.1 Å². The standard InChI is InChI=1S/C26H27NO6.C24H39NO4/c1-30-23-12-8-21(9-13-23)18-32-25(28)27(17-16-20-6-4-3-5-7-20)26(29)33-19-22-10-14-24(31-2)15-11-22;1-7-23(8-2,9-3)28-21(26)25(19-18-20-16-14-13-15-17-20)22(27)29-24(10-4,11-5)12-6/h3-15H,16-19H2,1-2H3;13-17H,7-12,18-19H2,1-6H3. The molecule has 0 aliphatic rings. The lowest BCUT2D eigenvalue weighted by Crippen LogP contribution is -2.47. The lowest BCUT2D eigenvalue weighted by atomic mass is 9.94. The van der Waals surface area contributed by atoms with Gasteiger partial charge in [-0.15, -0.1) is 0 Å². The number of nitrogens with zero attached hydrogens (tertiary/aromatic N) is 2. The fourth-order valence-electron chi connectivity index (χ4n) is 6.59. The highest BCUT2D eigenvalue weighted by molar-refractivity contribution is 5.88. The monoisotopic (exact) mass is 854 g/mol. The first-order chi connectivity index (χ1) is 29.9. The molecule has 4 rings (SSSR count). The van der Waals surface area contributed by atoms with Crippen molar-refractivity contribution in [2.75, 3.05) is 27.3 Å². The van der Waals surface area contributed by atoms with Crippen molar-refractivity contribution < 1.29 is 47.6 Å². The molecule has 12 nitrogen and oxygen atoms in total. The molecule has 0 aromatic heterocycles. The average molecular weight is 855 g/mol. The number of benzene rings is 4. The largest absolute Gasteiger partial charge is 0.497 e. The molecule has 12 heteroatoms. The molecule has 0 saturated carbocycles. The van der Waals surface area contributed by atoms with Crippen molar-refractivity contribution in [3.05, 3.63) is 131 Å². The van der Waals surface area contributed by atoms with E-state index in [0.29, 0.717) is 62.9 Å². The van der Waals surface area contributed by atoms with Gasteiger partial charge in [0.05, 0.1) is 14.2 Å². The molecular formula is C50H66N2O10. The highest BCUT2D eigenvalue weighted by Gasteiger charge is 2.37. The molecule has 0 aliphatic carbocycles. The Morgan fingerprint density at radius 3 is 1.02 bits per heavy atom. The summed E-state index contributed by atoms with van der Waals surface area (Å²) >= 11 is 0. The number of hydrogen-bond acceptors (Lipinski definition) is 10. The van der Waals surface area contributed by atoms with Crippen molar-refractivity contribution >= 4 is 24.4 Å². The van der Waals surface area contributed by atoms with Crippen molar-refractivity contribution in [2.24, 2.45) is 0 Å². The molecular weight excluding hydrogens is 789 g/mol. The molecule has 0 atom stereocenters. The third-order valence-corrected chi connectivity index (χ3v) is 11.3. The quantitative estimate of drug-likeness (QED) is 0.0792. The van der Waals surface area contributed by atoms with E-state index in [0.717, 1.165) is 32.1 Å². The second kappa shape index (κ2) is 26.3. The lowest BCUT2D eigenvalue weighted by molar-refractivity contribution is -0.0383. The van der Waals surface area contributed by atoms with Crippen LogP contribution in [0.2, 0.25) is 0 Å². The summed E-state index contributed by atoms with van der Waals surface area (Å²) in [6.45, 7) is 12.4. The van der Waals surface area contributed by atoms with Gasteiger partial charge in [-0.2, -0.15) is 0 Å². The van der Waals surface area contributed by atoms with Crippen molar-refractivity contribution in [1.82, 2.24) is 9.80 Å². The number of methoxy groups -OCH3 is 2. The summed E-state index contributed by atoms with van der Waals surface area (Å²) in [6, 6.07) is 33.7. The molecule has 336 valence electrons.